The second kappa shape index (κ2) is 3.15. The molecule has 96 valence electrons. The summed E-state index contributed by atoms with van der Waals surface area (Å²) in [5, 5.41) is 27.8. The number of β-lactam (4-membered cyclic amide) rings is 1. The molecule has 0 aromatic rings. The Labute approximate surface area is 101 Å². The van der Waals surface area contributed by atoms with Crippen molar-refractivity contribution in [3.8, 4) is 0 Å². The Morgan fingerprint density at radius 2 is 1.94 bits per heavy atom. The Morgan fingerprint density at radius 3 is 2.50 bits per heavy atom. The largest absolute Gasteiger partial charge is 0.509 e. The van der Waals surface area contributed by atoms with Crippen molar-refractivity contribution < 1.29 is 29.7 Å². The Morgan fingerprint density at radius 1 is 1.28 bits per heavy atom. The molecule has 3 atom stereocenters. The number of carbonyl (C=O) groups is 3. The predicted octanol–water partition coefficient (Wildman–Crippen LogP) is -0.566. The van der Waals surface area contributed by atoms with Crippen molar-refractivity contribution in [1.82, 2.24) is 9.80 Å². The van der Waals surface area contributed by atoms with Crippen LogP contribution < -0.4 is 0 Å². The molecule has 3 N–H and O–H groups in total. The van der Waals surface area contributed by atoms with Crippen molar-refractivity contribution in [2.45, 2.75) is 18.5 Å². The minimum Gasteiger partial charge on any atom is -0.509 e. The molecule has 0 saturated carbocycles. The van der Waals surface area contributed by atoms with Crippen molar-refractivity contribution in [2.75, 3.05) is 6.54 Å². The molecular weight excluding hydrogens is 244 g/mol. The zero-order chi connectivity index (χ0) is 13.2. The topological polar surface area (TPSA) is 118 Å². The number of rotatable bonds is 1. The summed E-state index contributed by atoms with van der Waals surface area (Å²) in [6, 6.07) is -1.42. The fourth-order valence-corrected chi connectivity index (χ4v) is 3.08. The van der Waals surface area contributed by atoms with Gasteiger partial charge in [0, 0.05) is 12.5 Å². The molecule has 2 saturated heterocycles. The van der Waals surface area contributed by atoms with Crippen LogP contribution in [0.15, 0.2) is 11.5 Å². The first-order valence-corrected chi connectivity index (χ1v) is 5.44. The van der Waals surface area contributed by atoms with Gasteiger partial charge in [0.1, 0.15) is 11.8 Å². The maximum absolute atomic E-state index is 11.8. The molecule has 2 fully saturated rings. The average molecular weight is 254 g/mol. The van der Waals surface area contributed by atoms with Crippen LogP contribution >= 0.6 is 0 Å². The third-order valence-electron chi connectivity index (χ3n) is 3.82. The maximum Gasteiger partial charge on any atom is 0.408 e. The van der Waals surface area contributed by atoms with E-state index >= 15 is 0 Å². The molecule has 2 amide bonds. The lowest BCUT2D eigenvalue weighted by atomic mass is 9.80. The van der Waals surface area contributed by atoms with Crippen LogP contribution in [-0.2, 0) is 9.59 Å². The predicted molar refractivity (Wildman–Crippen MR) is 54.6 cm³/mol. The van der Waals surface area contributed by atoms with Gasteiger partial charge in [0.25, 0.3) is 5.91 Å². The number of carboxylic acid groups (broad SMARTS) is 2. The van der Waals surface area contributed by atoms with Crippen molar-refractivity contribution in [2.24, 2.45) is 5.92 Å². The Kier molecular flexibility index (Phi) is 1.90. The van der Waals surface area contributed by atoms with E-state index in [1.165, 1.54) is 0 Å². The lowest BCUT2D eigenvalue weighted by Gasteiger charge is -2.51. The zero-order valence-corrected chi connectivity index (χ0v) is 9.11. The highest BCUT2D eigenvalue weighted by Gasteiger charge is 2.64. The first-order valence-electron chi connectivity index (χ1n) is 5.44. The standard InChI is InChI=1S/C10H10N2O6/c13-7-3-1-2-11(10(17)18)5-4(3)12(8(5)14)6(7)9(15)16/h3-5,13H,1-2H2,(H,15,16)(H,17,18)/t3?,4?,5-/m0/s1. The number of aliphatic hydroxyl groups is 1. The summed E-state index contributed by atoms with van der Waals surface area (Å²) in [5.41, 5.74) is -0.404. The summed E-state index contributed by atoms with van der Waals surface area (Å²) < 4.78 is 0. The van der Waals surface area contributed by atoms with E-state index in [-0.39, 0.29) is 12.3 Å². The molecule has 3 aliphatic rings. The molecule has 0 spiro atoms. The van der Waals surface area contributed by atoms with E-state index in [0.29, 0.717) is 6.42 Å². The molecule has 0 aliphatic carbocycles. The van der Waals surface area contributed by atoms with Crippen LogP contribution in [0.3, 0.4) is 0 Å². The third kappa shape index (κ3) is 1.02. The first-order chi connectivity index (χ1) is 8.45. The minimum absolute atomic E-state index is 0.123. The van der Waals surface area contributed by atoms with Crippen molar-refractivity contribution >= 4 is 18.0 Å². The van der Waals surface area contributed by atoms with Gasteiger partial charge in [-0.1, -0.05) is 0 Å². The third-order valence-corrected chi connectivity index (χ3v) is 3.82. The van der Waals surface area contributed by atoms with Crippen LogP contribution in [0.2, 0.25) is 0 Å². The van der Waals surface area contributed by atoms with Crippen LogP contribution in [0, 0.1) is 5.92 Å². The van der Waals surface area contributed by atoms with E-state index in [0.717, 1.165) is 9.80 Å². The number of likely N-dealkylation sites (tertiary alicyclic amines) is 1. The molecule has 18 heavy (non-hydrogen) atoms. The van der Waals surface area contributed by atoms with E-state index in [2.05, 4.69) is 0 Å². The second-order valence-electron chi connectivity index (χ2n) is 4.55. The summed E-state index contributed by atoms with van der Waals surface area (Å²) in [4.78, 5) is 35.8. The number of aliphatic carboxylic acids is 1. The summed E-state index contributed by atoms with van der Waals surface area (Å²) in [6.07, 6.45) is -0.880. The van der Waals surface area contributed by atoms with E-state index in [1.807, 2.05) is 0 Å². The summed E-state index contributed by atoms with van der Waals surface area (Å²) in [6.45, 7) is 0.123. The maximum atomic E-state index is 11.8. The van der Waals surface area contributed by atoms with Crippen molar-refractivity contribution in [3.05, 3.63) is 11.5 Å². The molecule has 3 heterocycles. The summed E-state index contributed by atoms with van der Waals surface area (Å²) in [5.74, 6) is -2.72. The van der Waals surface area contributed by atoms with Gasteiger partial charge in [-0.15, -0.1) is 0 Å². The van der Waals surface area contributed by atoms with Crippen LogP contribution in [0.1, 0.15) is 6.42 Å². The number of amides is 2. The van der Waals surface area contributed by atoms with Gasteiger partial charge in [-0.25, -0.2) is 9.59 Å². The van der Waals surface area contributed by atoms with Gasteiger partial charge in [-0.3, -0.25) is 14.6 Å². The number of carbonyl (C=O) groups excluding carboxylic acids is 1. The lowest BCUT2D eigenvalue weighted by molar-refractivity contribution is -0.161. The molecule has 0 radical (unpaired) electrons. The fourth-order valence-electron chi connectivity index (χ4n) is 3.08. The van der Waals surface area contributed by atoms with Gasteiger partial charge >= 0.3 is 12.1 Å². The SMILES string of the molecule is O=C(O)C1=C(O)C2CCN(C(=O)O)[C@@H]3C(=O)N1C23. The molecule has 3 rings (SSSR count). The van der Waals surface area contributed by atoms with Gasteiger partial charge in [0.15, 0.2) is 5.70 Å². The number of piperidine rings is 1. The fraction of sp³-hybridized carbons (Fsp3) is 0.500. The molecule has 0 aromatic heterocycles. The van der Waals surface area contributed by atoms with Gasteiger partial charge in [0.05, 0.1) is 6.04 Å². The number of nitrogens with zero attached hydrogens (tertiary/aromatic N) is 2. The Bertz CT molecular complexity index is 512. The van der Waals surface area contributed by atoms with Crippen molar-refractivity contribution in [1.29, 1.82) is 0 Å². The van der Waals surface area contributed by atoms with E-state index in [9.17, 15) is 19.5 Å². The highest BCUT2D eigenvalue weighted by atomic mass is 16.4. The summed E-state index contributed by atoms with van der Waals surface area (Å²) in [7, 11) is 0. The zero-order valence-electron chi connectivity index (χ0n) is 9.11. The highest BCUT2D eigenvalue weighted by molar-refractivity contribution is 6.02. The van der Waals surface area contributed by atoms with Crippen LogP contribution in [0.25, 0.3) is 0 Å². The number of hydrogen-bond donors (Lipinski definition) is 3. The molecule has 8 heteroatoms. The summed E-state index contributed by atoms with van der Waals surface area (Å²) >= 11 is 0. The Hall–Kier alpha value is -2.25. The molecule has 0 aromatic carbocycles. The number of carboxylic acids is 1. The van der Waals surface area contributed by atoms with Crippen LogP contribution in [-0.4, -0.2) is 61.7 Å². The van der Waals surface area contributed by atoms with E-state index < -0.39 is 41.7 Å². The normalized spacial score (nSPS) is 33.3. The minimum atomic E-state index is -1.37. The van der Waals surface area contributed by atoms with Gasteiger partial charge < -0.3 is 15.3 Å². The number of aliphatic hydroxyl groups excluding tert-OH is 1. The van der Waals surface area contributed by atoms with Crippen molar-refractivity contribution in [3.63, 3.8) is 0 Å². The first kappa shape index (κ1) is 10.9. The molecular formula is C10H10N2O6. The van der Waals surface area contributed by atoms with Gasteiger partial charge in [-0.2, -0.15) is 0 Å². The van der Waals surface area contributed by atoms with Crippen LogP contribution in [0.5, 0.6) is 0 Å². The quantitative estimate of drug-likeness (QED) is 0.539. The molecule has 2 unspecified atom stereocenters. The average Bonchev–Trinajstić information content (AvgIpc) is 2.60. The molecule has 0 bridgehead atoms. The highest BCUT2D eigenvalue weighted by Crippen LogP contribution is 2.47. The Balaban J connectivity index is 2.00. The molecule has 3 aliphatic heterocycles. The number of hydrogen-bond acceptors (Lipinski definition) is 4. The lowest BCUT2D eigenvalue weighted by Crippen LogP contribution is -2.73. The smallest absolute Gasteiger partial charge is 0.408 e. The van der Waals surface area contributed by atoms with Gasteiger partial charge in [-0.05, 0) is 6.42 Å². The van der Waals surface area contributed by atoms with E-state index in [4.69, 9.17) is 10.2 Å². The second-order valence-corrected chi connectivity index (χ2v) is 4.55. The molecule has 8 nitrogen and oxygen atoms in total. The monoisotopic (exact) mass is 254 g/mol. The van der Waals surface area contributed by atoms with E-state index in [1.54, 1.807) is 0 Å². The van der Waals surface area contributed by atoms with Gasteiger partial charge in [0.2, 0.25) is 0 Å². The van der Waals surface area contributed by atoms with Crippen LogP contribution in [0.4, 0.5) is 4.79 Å².